The molecule has 1 aliphatic heterocycles. The van der Waals surface area contributed by atoms with Gasteiger partial charge in [0.1, 0.15) is 4.83 Å². The van der Waals surface area contributed by atoms with Crippen LogP contribution in [0.2, 0.25) is 0 Å². The lowest BCUT2D eigenvalue weighted by molar-refractivity contribution is -0.0500. The lowest BCUT2D eigenvalue weighted by atomic mass is 10.1. The summed E-state index contributed by atoms with van der Waals surface area (Å²) in [7, 11) is -5.77. The van der Waals surface area contributed by atoms with Crippen LogP contribution in [-0.2, 0) is 10.1 Å². The molecule has 0 amide bonds. The molecule has 0 bridgehead atoms. The maximum absolute atomic E-state index is 12.5. The molecule has 11 heteroatoms. The summed E-state index contributed by atoms with van der Waals surface area (Å²) in [6, 6.07) is 1.56. The lowest BCUT2D eigenvalue weighted by Crippen LogP contribution is -2.46. The first-order chi connectivity index (χ1) is 10.2. The molecule has 0 N–H and O–H groups in total. The number of aromatic nitrogens is 2. The zero-order valence-corrected chi connectivity index (χ0v) is 12.8. The third-order valence-electron chi connectivity index (χ3n) is 3.33. The molecule has 2 aromatic heterocycles. The van der Waals surface area contributed by atoms with Crippen molar-refractivity contribution in [3.8, 4) is 5.88 Å². The first kappa shape index (κ1) is 15.3. The number of nitrogens with zero attached hydrogens (tertiary/aromatic N) is 3. The summed E-state index contributed by atoms with van der Waals surface area (Å²) >= 11 is 1.17. The van der Waals surface area contributed by atoms with Gasteiger partial charge in [-0.3, -0.25) is 0 Å². The average molecular weight is 353 g/mol. The molecule has 2 aromatic rings. The predicted molar refractivity (Wildman–Crippen MR) is 74.4 cm³/mol. The summed E-state index contributed by atoms with van der Waals surface area (Å²) in [4.78, 5) is 10.2. The molecule has 1 aliphatic rings. The van der Waals surface area contributed by atoms with E-state index in [0.29, 0.717) is 11.4 Å². The molecule has 0 unspecified atom stereocenters. The van der Waals surface area contributed by atoms with Crippen molar-refractivity contribution >= 4 is 37.6 Å². The van der Waals surface area contributed by atoms with Gasteiger partial charge in [0, 0.05) is 12.6 Å². The summed E-state index contributed by atoms with van der Waals surface area (Å²) in [5, 5.41) is 1.71. The van der Waals surface area contributed by atoms with Gasteiger partial charge < -0.3 is 9.08 Å². The number of thiophene rings is 1. The van der Waals surface area contributed by atoms with Gasteiger partial charge in [-0.2, -0.15) is 26.6 Å². The minimum Gasteiger partial charge on any atom is -0.354 e. The molecule has 1 atom stereocenters. The van der Waals surface area contributed by atoms with Crippen LogP contribution in [-0.4, -0.2) is 36.5 Å². The molecule has 0 saturated carbocycles. The summed E-state index contributed by atoms with van der Waals surface area (Å²) in [5.41, 5.74) is -5.51. The molecule has 3 heterocycles. The highest BCUT2D eigenvalue weighted by Gasteiger charge is 2.49. The monoisotopic (exact) mass is 353 g/mol. The van der Waals surface area contributed by atoms with Crippen molar-refractivity contribution in [1.82, 2.24) is 9.97 Å². The molecule has 120 valence electrons. The fourth-order valence-corrected chi connectivity index (χ4v) is 3.15. The lowest BCUT2D eigenvalue weighted by Gasteiger charge is -2.38. The van der Waals surface area contributed by atoms with Gasteiger partial charge in [0.15, 0.2) is 0 Å². The SMILES string of the molecule is C[C@H]1CCN1c1nc(OS(=O)(=O)C(F)(F)F)c2ccsc2n1. The predicted octanol–water partition coefficient (Wildman–Crippen LogP) is 2.52. The molecule has 0 radical (unpaired) electrons. The second-order valence-corrected chi connectivity index (χ2v) is 7.21. The Kier molecular flexibility index (Phi) is 3.44. The van der Waals surface area contributed by atoms with Crippen LogP contribution in [0.3, 0.4) is 0 Å². The van der Waals surface area contributed by atoms with Gasteiger partial charge in [0.25, 0.3) is 0 Å². The molecular weight excluding hydrogens is 343 g/mol. The van der Waals surface area contributed by atoms with Crippen molar-refractivity contribution in [2.75, 3.05) is 11.4 Å². The van der Waals surface area contributed by atoms with Crippen LogP contribution in [0, 0.1) is 0 Å². The van der Waals surface area contributed by atoms with Crippen LogP contribution in [0.25, 0.3) is 10.2 Å². The number of anilines is 1. The maximum atomic E-state index is 12.5. The average Bonchev–Trinajstić information content (AvgIpc) is 2.83. The van der Waals surface area contributed by atoms with Crippen LogP contribution in [0.5, 0.6) is 5.88 Å². The van der Waals surface area contributed by atoms with Crippen molar-refractivity contribution in [2.45, 2.75) is 24.9 Å². The third kappa shape index (κ3) is 2.47. The molecule has 6 nitrogen and oxygen atoms in total. The first-order valence-corrected chi connectivity index (χ1v) is 8.50. The minimum absolute atomic E-state index is 0.134. The summed E-state index contributed by atoms with van der Waals surface area (Å²) in [6.45, 7) is 2.57. The Hall–Kier alpha value is -1.62. The Balaban J connectivity index is 2.06. The molecule has 0 spiro atoms. The number of rotatable bonds is 3. The van der Waals surface area contributed by atoms with Crippen molar-refractivity contribution in [1.29, 1.82) is 0 Å². The van der Waals surface area contributed by atoms with Crippen molar-refractivity contribution in [3.63, 3.8) is 0 Å². The van der Waals surface area contributed by atoms with Gasteiger partial charge in [-0.15, -0.1) is 11.3 Å². The van der Waals surface area contributed by atoms with Gasteiger partial charge >= 0.3 is 15.6 Å². The molecule has 1 fully saturated rings. The van der Waals surface area contributed by atoms with Gasteiger partial charge in [0.05, 0.1) is 5.39 Å². The van der Waals surface area contributed by atoms with Gasteiger partial charge in [-0.25, -0.2) is 4.98 Å². The smallest absolute Gasteiger partial charge is 0.354 e. The van der Waals surface area contributed by atoms with E-state index < -0.39 is 21.5 Å². The number of hydrogen-bond donors (Lipinski definition) is 0. The van der Waals surface area contributed by atoms with Crippen LogP contribution >= 0.6 is 11.3 Å². The zero-order chi connectivity index (χ0) is 16.1. The third-order valence-corrected chi connectivity index (χ3v) is 5.08. The number of halogens is 3. The molecule has 3 rings (SSSR count). The Bertz CT molecular complexity index is 819. The van der Waals surface area contributed by atoms with Crippen LogP contribution in [0.1, 0.15) is 13.3 Å². The van der Waals surface area contributed by atoms with Crippen LogP contribution < -0.4 is 9.08 Å². The standard InChI is InChI=1S/C11H10F3N3O3S2/c1-6-2-4-17(6)10-15-8(7-3-5-21-9(7)16-10)20-22(18,19)11(12,13)14/h3,5-6H,2,4H2,1H3/t6-/m0/s1. The highest BCUT2D eigenvalue weighted by atomic mass is 32.2. The first-order valence-electron chi connectivity index (χ1n) is 6.22. The molecule has 22 heavy (non-hydrogen) atoms. The Morgan fingerprint density at radius 1 is 1.41 bits per heavy atom. The molecule has 0 aromatic carbocycles. The second kappa shape index (κ2) is 4.95. The van der Waals surface area contributed by atoms with E-state index in [1.165, 1.54) is 17.4 Å². The molecular formula is C11H10F3N3O3S2. The normalized spacial score (nSPS) is 19.3. The number of hydrogen-bond acceptors (Lipinski definition) is 7. The second-order valence-electron chi connectivity index (χ2n) is 4.78. The van der Waals surface area contributed by atoms with Crippen molar-refractivity contribution < 1.29 is 25.8 Å². The summed E-state index contributed by atoms with van der Waals surface area (Å²) in [5.74, 6) is -0.432. The van der Waals surface area contributed by atoms with Crippen LogP contribution in [0.15, 0.2) is 11.4 Å². The van der Waals surface area contributed by atoms with E-state index in [2.05, 4.69) is 14.2 Å². The fraction of sp³-hybridized carbons (Fsp3) is 0.455. The van der Waals surface area contributed by atoms with E-state index in [0.717, 1.165) is 6.42 Å². The van der Waals surface area contributed by atoms with E-state index in [1.807, 2.05) is 6.92 Å². The Morgan fingerprint density at radius 3 is 2.68 bits per heavy atom. The van der Waals surface area contributed by atoms with E-state index in [-0.39, 0.29) is 17.4 Å². The van der Waals surface area contributed by atoms with Gasteiger partial charge in [-0.1, -0.05) is 0 Å². The van der Waals surface area contributed by atoms with Gasteiger partial charge in [-0.05, 0) is 24.8 Å². The quantitative estimate of drug-likeness (QED) is 0.624. The summed E-state index contributed by atoms with van der Waals surface area (Å²) < 4.78 is 64.0. The zero-order valence-electron chi connectivity index (χ0n) is 11.2. The number of fused-ring (bicyclic) bond motifs is 1. The highest BCUT2D eigenvalue weighted by molar-refractivity contribution is 7.88. The maximum Gasteiger partial charge on any atom is 0.534 e. The largest absolute Gasteiger partial charge is 0.534 e. The van der Waals surface area contributed by atoms with Crippen molar-refractivity contribution in [2.24, 2.45) is 0 Å². The summed E-state index contributed by atoms with van der Waals surface area (Å²) in [6.07, 6.45) is 0.906. The Morgan fingerprint density at radius 2 is 2.14 bits per heavy atom. The molecule has 1 saturated heterocycles. The highest BCUT2D eigenvalue weighted by Crippen LogP contribution is 2.34. The van der Waals surface area contributed by atoms with E-state index in [9.17, 15) is 21.6 Å². The van der Waals surface area contributed by atoms with E-state index >= 15 is 0 Å². The number of alkyl halides is 3. The van der Waals surface area contributed by atoms with Gasteiger partial charge in [0.2, 0.25) is 11.8 Å². The Labute approximate surface area is 127 Å². The minimum atomic E-state index is -5.77. The molecule has 0 aliphatic carbocycles. The van der Waals surface area contributed by atoms with E-state index in [4.69, 9.17) is 0 Å². The van der Waals surface area contributed by atoms with Crippen molar-refractivity contribution in [3.05, 3.63) is 11.4 Å². The van der Waals surface area contributed by atoms with Crippen LogP contribution in [0.4, 0.5) is 19.1 Å². The fourth-order valence-electron chi connectivity index (χ4n) is 1.97. The van der Waals surface area contributed by atoms with E-state index in [1.54, 1.807) is 10.3 Å². The topological polar surface area (TPSA) is 72.4 Å².